The molecule has 4 nitrogen and oxygen atoms in total. The van der Waals surface area contributed by atoms with Crippen LogP contribution in [-0.4, -0.2) is 27.1 Å². The normalized spacial score (nSPS) is 14.5. The summed E-state index contributed by atoms with van der Waals surface area (Å²) >= 11 is 0. The number of hydrogen-bond acceptors (Lipinski definition) is 2. The van der Waals surface area contributed by atoms with Crippen molar-refractivity contribution in [2.45, 2.75) is 13.1 Å². The molecule has 1 amide bonds. The summed E-state index contributed by atoms with van der Waals surface area (Å²) in [7, 11) is 0. The maximum atomic E-state index is 13.5. The molecule has 0 unspecified atom stereocenters. The predicted molar refractivity (Wildman–Crippen MR) is 73.0 cm³/mol. The van der Waals surface area contributed by atoms with Crippen LogP contribution in [0.1, 0.15) is 11.3 Å². The van der Waals surface area contributed by atoms with Crippen LogP contribution < -0.4 is 0 Å². The Labute approximate surface area is 120 Å². The lowest BCUT2D eigenvalue weighted by atomic mass is 10.2. The van der Waals surface area contributed by atoms with E-state index in [9.17, 15) is 13.6 Å². The van der Waals surface area contributed by atoms with E-state index in [1.165, 1.54) is 12.2 Å². The number of fused-ring (bicyclic) bond motifs is 1. The number of benzene rings is 1. The zero-order valence-corrected chi connectivity index (χ0v) is 11.2. The van der Waals surface area contributed by atoms with Crippen molar-refractivity contribution in [3.05, 3.63) is 59.4 Å². The van der Waals surface area contributed by atoms with Crippen molar-refractivity contribution in [2.75, 3.05) is 6.54 Å². The van der Waals surface area contributed by atoms with Crippen molar-refractivity contribution in [1.29, 1.82) is 0 Å². The van der Waals surface area contributed by atoms with E-state index in [0.29, 0.717) is 19.6 Å². The van der Waals surface area contributed by atoms with Gasteiger partial charge in [-0.1, -0.05) is 0 Å². The SMILES string of the molecule is O=C(C=Cc1cc(F)ccc1F)N1CCn2nccc2C1. The van der Waals surface area contributed by atoms with Gasteiger partial charge in [0.25, 0.3) is 0 Å². The smallest absolute Gasteiger partial charge is 0.246 e. The fourth-order valence-electron chi connectivity index (χ4n) is 2.28. The van der Waals surface area contributed by atoms with Crippen LogP contribution >= 0.6 is 0 Å². The number of carbonyl (C=O) groups is 1. The van der Waals surface area contributed by atoms with E-state index in [4.69, 9.17) is 0 Å². The van der Waals surface area contributed by atoms with E-state index in [1.807, 2.05) is 10.7 Å². The lowest BCUT2D eigenvalue weighted by Gasteiger charge is -2.26. The van der Waals surface area contributed by atoms with Crippen molar-refractivity contribution in [2.24, 2.45) is 0 Å². The number of halogens is 2. The van der Waals surface area contributed by atoms with Crippen LogP contribution in [0, 0.1) is 11.6 Å². The minimum Gasteiger partial charge on any atom is -0.331 e. The molecule has 0 saturated carbocycles. The first-order chi connectivity index (χ1) is 10.1. The number of carbonyl (C=O) groups excluding carboxylic acids is 1. The van der Waals surface area contributed by atoms with Gasteiger partial charge < -0.3 is 4.90 Å². The molecule has 0 N–H and O–H groups in total. The van der Waals surface area contributed by atoms with Gasteiger partial charge in [0.15, 0.2) is 0 Å². The summed E-state index contributed by atoms with van der Waals surface area (Å²) in [6.45, 7) is 1.65. The van der Waals surface area contributed by atoms with Crippen molar-refractivity contribution in [3.8, 4) is 0 Å². The summed E-state index contributed by atoms with van der Waals surface area (Å²) in [6, 6.07) is 5.00. The first kappa shape index (κ1) is 13.5. The molecule has 0 atom stereocenters. The fraction of sp³-hybridized carbons (Fsp3) is 0.200. The second-order valence-electron chi connectivity index (χ2n) is 4.80. The van der Waals surface area contributed by atoms with Gasteiger partial charge >= 0.3 is 0 Å². The second kappa shape index (κ2) is 5.47. The molecule has 0 radical (unpaired) electrons. The summed E-state index contributed by atoms with van der Waals surface area (Å²) in [4.78, 5) is 13.7. The number of aromatic nitrogens is 2. The van der Waals surface area contributed by atoms with Gasteiger partial charge in [-0.15, -0.1) is 0 Å². The van der Waals surface area contributed by atoms with Crippen LogP contribution in [0.5, 0.6) is 0 Å². The average molecular weight is 289 g/mol. The molecule has 0 aliphatic carbocycles. The Morgan fingerprint density at radius 3 is 2.95 bits per heavy atom. The Kier molecular flexibility index (Phi) is 3.51. The zero-order valence-electron chi connectivity index (χ0n) is 11.2. The number of nitrogens with zero attached hydrogens (tertiary/aromatic N) is 3. The van der Waals surface area contributed by atoms with Crippen molar-refractivity contribution in [3.63, 3.8) is 0 Å². The number of amides is 1. The summed E-state index contributed by atoms with van der Waals surface area (Å²) in [5, 5.41) is 4.13. The van der Waals surface area contributed by atoms with E-state index in [1.54, 1.807) is 11.1 Å². The largest absolute Gasteiger partial charge is 0.331 e. The molecule has 1 aliphatic rings. The van der Waals surface area contributed by atoms with Crippen molar-refractivity contribution < 1.29 is 13.6 Å². The van der Waals surface area contributed by atoms with Crippen LogP contribution in [0.25, 0.3) is 6.08 Å². The highest BCUT2D eigenvalue weighted by atomic mass is 19.1. The van der Waals surface area contributed by atoms with Crippen LogP contribution in [0.3, 0.4) is 0 Å². The van der Waals surface area contributed by atoms with E-state index in [-0.39, 0.29) is 11.5 Å². The molecule has 1 aromatic heterocycles. The first-order valence-electron chi connectivity index (χ1n) is 6.56. The van der Waals surface area contributed by atoms with Gasteiger partial charge in [-0.05, 0) is 30.3 Å². The van der Waals surface area contributed by atoms with Gasteiger partial charge in [0.1, 0.15) is 11.6 Å². The Morgan fingerprint density at radius 2 is 2.10 bits per heavy atom. The molecule has 21 heavy (non-hydrogen) atoms. The molecule has 1 aromatic carbocycles. The van der Waals surface area contributed by atoms with Crippen molar-refractivity contribution in [1.82, 2.24) is 14.7 Å². The molecule has 0 spiro atoms. The predicted octanol–water partition coefficient (Wildman–Crippen LogP) is 2.22. The van der Waals surface area contributed by atoms with Crippen LogP contribution in [0.4, 0.5) is 8.78 Å². The summed E-state index contributed by atoms with van der Waals surface area (Å²) in [5.74, 6) is -1.33. The lowest BCUT2D eigenvalue weighted by molar-refractivity contribution is -0.127. The van der Waals surface area contributed by atoms with E-state index >= 15 is 0 Å². The van der Waals surface area contributed by atoms with Crippen LogP contribution in [0.15, 0.2) is 36.5 Å². The van der Waals surface area contributed by atoms with E-state index in [0.717, 1.165) is 23.9 Å². The lowest BCUT2D eigenvalue weighted by Crippen LogP contribution is -2.37. The molecule has 2 aromatic rings. The van der Waals surface area contributed by atoms with E-state index in [2.05, 4.69) is 5.10 Å². The molecule has 0 fully saturated rings. The third kappa shape index (κ3) is 2.84. The summed E-state index contributed by atoms with van der Waals surface area (Å²) in [5.41, 5.74) is 1.02. The molecular weight excluding hydrogens is 276 g/mol. The minimum absolute atomic E-state index is 0.0606. The average Bonchev–Trinajstić information content (AvgIpc) is 2.95. The molecule has 6 heteroatoms. The van der Waals surface area contributed by atoms with E-state index < -0.39 is 11.6 Å². The maximum Gasteiger partial charge on any atom is 0.246 e. The van der Waals surface area contributed by atoms with Gasteiger partial charge in [-0.2, -0.15) is 5.10 Å². The standard InChI is InChI=1S/C15H13F2N3O/c16-12-2-3-14(17)11(9-12)1-4-15(21)19-7-8-20-13(10-19)5-6-18-20/h1-6,9H,7-8,10H2. The maximum absolute atomic E-state index is 13.5. The molecule has 2 heterocycles. The Balaban J connectivity index is 1.72. The topological polar surface area (TPSA) is 38.1 Å². The number of rotatable bonds is 2. The zero-order chi connectivity index (χ0) is 14.8. The summed E-state index contributed by atoms with van der Waals surface area (Å²) in [6.07, 6.45) is 4.26. The minimum atomic E-state index is -0.558. The van der Waals surface area contributed by atoms with Gasteiger partial charge in [0, 0.05) is 24.4 Å². The Bertz CT molecular complexity index is 709. The van der Waals surface area contributed by atoms with Gasteiger partial charge in [0.2, 0.25) is 5.91 Å². The Hall–Kier alpha value is -2.50. The quantitative estimate of drug-likeness (QED) is 0.795. The Morgan fingerprint density at radius 1 is 1.24 bits per heavy atom. The molecule has 0 saturated heterocycles. The molecular formula is C15H13F2N3O. The van der Waals surface area contributed by atoms with Gasteiger partial charge in [-0.25, -0.2) is 8.78 Å². The monoisotopic (exact) mass is 289 g/mol. The molecule has 108 valence electrons. The second-order valence-corrected chi connectivity index (χ2v) is 4.80. The fourth-order valence-corrected chi connectivity index (χ4v) is 2.28. The van der Waals surface area contributed by atoms with Gasteiger partial charge in [0.05, 0.1) is 18.8 Å². The molecule has 3 rings (SSSR count). The number of hydrogen-bond donors (Lipinski definition) is 0. The van der Waals surface area contributed by atoms with Gasteiger partial charge in [-0.3, -0.25) is 9.48 Å². The highest BCUT2D eigenvalue weighted by Crippen LogP contribution is 2.14. The molecule has 0 bridgehead atoms. The van der Waals surface area contributed by atoms with Crippen LogP contribution in [-0.2, 0) is 17.9 Å². The first-order valence-corrected chi connectivity index (χ1v) is 6.56. The summed E-state index contributed by atoms with van der Waals surface area (Å²) < 4.78 is 28.4. The third-order valence-electron chi connectivity index (χ3n) is 3.41. The van der Waals surface area contributed by atoms with Crippen LogP contribution in [0.2, 0.25) is 0 Å². The molecule has 1 aliphatic heterocycles. The van der Waals surface area contributed by atoms with Crippen molar-refractivity contribution >= 4 is 12.0 Å². The highest BCUT2D eigenvalue weighted by Gasteiger charge is 2.19. The third-order valence-corrected chi connectivity index (χ3v) is 3.41. The highest BCUT2D eigenvalue weighted by molar-refractivity contribution is 5.91.